The van der Waals surface area contributed by atoms with Crippen LogP contribution in [-0.4, -0.2) is 13.1 Å². The molecule has 0 saturated heterocycles. The van der Waals surface area contributed by atoms with Crippen LogP contribution < -0.4 is 10.2 Å². The summed E-state index contributed by atoms with van der Waals surface area (Å²) in [7, 11) is 0. The molecule has 1 aliphatic heterocycles. The molecular formula is C25H29FN4S2. The van der Waals surface area contributed by atoms with Crippen LogP contribution in [0.4, 0.5) is 26.5 Å². The summed E-state index contributed by atoms with van der Waals surface area (Å²) < 4.78 is 14.7. The molecule has 1 unspecified atom stereocenters. The summed E-state index contributed by atoms with van der Waals surface area (Å²) in [6, 6.07) is 15.4. The Labute approximate surface area is 198 Å². The first-order valence-corrected chi connectivity index (χ1v) is 12.9. The molecule has 2 heterocycles. The topological polar surface area (TPSA) is 40.0 Å². The maximum atomic E-state index is 14.7. The molecular weight excluding hydrogens is 439 g/mol. The minimum absolute atomic E-state index is 0.0320. The van der Waals surface area contributed by atoms with Crippen LogP contribution in [0, 0.1) is 5.82 Å². The van der Waals surface area contributed by atoms with E-state index in [1.807, 2.05) is 41.7 Å². The maximum absolute atomic E-state index is 14.7. The Morgan fingerprint density at radius 2 is 1.78 bits per heavy atom. The van der Waals surface area contributed by atoms with E-state index in [4.69, 9.17) is 0 Å². The van der Waals surface area contributed by atoms with Gasteiger partial charge in [0.15, 0.2) is 5.82 Å². The lowest BCUT2D eigenvalue weighted by Gasteiger charge is -2.20. The third-order valence-electron chi connectivity index (χ3n) is 5.56. The summed E-state index contributed by atoms with van der Waals surface area (Å²) in [6.45, 7) is 8.39. The summed E-state index contributed by atoms with van der Waals surface area (Å²) in [6.07, 6.45) is 3.55. The van der Waals surface area contributed by atoms with E-state index in [1.165, 1.54) is 27.6 Å². The molecule has 0 bridgehead atoms. The van der Waals surface area contributed by atoms with Crippen LogP contribution in [0.1, 0.15) is 49.4 Å². The number of halogens is 1. The van der Waals surface area contributed by atoms with Crippen LogP contribution in [0.2, 0.25) is 0 Å². The second-order valence-electron chi connectivity index (χ2n) is 7.75. The van der Waals surface area contributed by atoms with Crippen molar-refractivity contribution in [2.24, 2.45) is 10.2 Å². The number of fused-ring (bicyclic) bond motifs is 1. The molecule has 4 nitrogen and oxygen atoms in total. The first-order chi connectivity index (χ1) is 15.6. The SMILES string of the molecule is CCCCc1cc2c(s1)NC(c1ccc(/N=N/c3ccc(N(CC)CC)cc3)c(F)c1)S2. The van der Waals surface area contributed by atoms with E-state index in [0.717, 1.165) is 30.8 Å². The Hall–Kier alpha value is -2.38. The first kappa shape index (κ1) is 22.8. The lowest BCUT2D eigenvalue weighted by Crippen LogP contribution is -2.21. The van der Waals surface area contributed by atoms with Gasteiger partial charge in [-0.1, -0.05) is 31.2 Å². The molecule has 0 fully saturated rings. The fraction of sp³-hybridized carbons (Fsp3) is 0.360. The number of hydrogen-bond acceptors (Lipinski definition) is 6. The number of anilines is 2. The van der Waals surface area contributed by atoms with E-state index in [9.17, 15) is 4.39 Å². The van der Waals surface area contributed by atoms with Crippen molar-refractivity contribution in [2.75, 3.05) is 23.3 Å². The lowest BCUT2D eigenvalue weighted by molar-refractivity contribution is 0.626. The van der Waals surface area contributed by atoms with Gasteiger partial charge >= 0.3 is 0 Å². The van der Waals surface area contributed by atoms with Crippen LogP contribution in [-0.2, 0) is 6.42 Å². The average molecular weight is 469 g/mol. The fourth-order valence-electron chi connectivity index (χ4n) is 3.71. The molecule has 0 aliphatic carbocycles. The van der Waals surface area contributed by atoms with Gasteiger partial charge in [-0.2, -0.15) is 5.11 Å². The van der Waals surface area contributed by atoms with Gasteiger partial charge in [0, 0.05) is 28.5 Å². The quantitative estimate of drug-likeness (QED) is 0.319. The van der Waals surface area contributed by atoms with Crippen molar-refractivity contribution >= 4 is 45.2 Å². The highest BCUT2D eigenvalue weighted by atomic mass is 32.2. The minimum Gasteiger partial charge on any atom is -0.372 e. The molecule has 0 spiro atoms. The Bertz CT molecular complexity index is 1050. The predicted octanol–water partition coefficient (Wildman–Crippen LogP) is 8.71. The second kappa shape index (κ2) is 10.5. The van der Waals surface area contributed by atoms with Gasteiger partial charge in [0.1, 0.15) is 16.1 Å². The van der Waals surface area contributed by atoms with Gasteiger partial charge in [0.05, 0.1) is 5.69 Å². The number of thiophene rings is 1. The Morgan fingerprint density at radius 1 is 1.00 bits per heavy atom. The number of nitrogens with zero attached hydrogens (tertiary/aromatic N) is 3. The number of rotatable bonds is 9. The minimum atomic E-state index is -0.354. The summed E-state index contributed by atoms with van der Waals surface area (Å²) in [5, 5.41) is 13.1. The molecule has 0 saturated carbocycles. The van der Waals surface area contributed by atoms with E-state index in [2.05, 4.69) is 47.3 Å². The monoisotopic (exact) mass is 468 g/mol. The number of aryl methyl sites for hydroxylation is 1. The highest BCUT2D eigenvalue weighted by Crippen LogP contribution is 2.51. The van der Waals surface area contributed by atoms with Crippen molar-refractivity contribution in [1.29, 1.82) is 0 Å². The standard InChI is InChI=1S/C25H29FN4S2/c1-4-7-8-20-16-23-25(31-20)27-24(32-23)17-9-14-22(21(26)15-17)29-28-18-10-12-19(13-11-18)30(5-2)6-3/h9-16,24,27H,4-8H2,1-3H3/b29-28+. The second-order valence-corrected chi connectivity index (χ2v) is 10.0. The fourth-order valence-corrected chi connectivity index (χ4v) is 6.24. The zero-order valence-corrected chi connectivity index (χ0v) is 20.4. The zero-order valence-electron chi connectivity index (χ0n) is 18.8. The van der Waals surface area contributed by atoms with Gasteiger partial charge < -0.3 is 10.2 Å². The maximum Gasteiger partial charge on any atom is 0.151 e. The Balaban J connectivity index is 1.40. The number of hydrogen-bond donors (Lipinski definition) is 1. The van der Waals surface area contributed by atoms with Gasteiger partial charge in [-0.05, 0) is 74.7 Å². The van der Waals surface area contributed by atoms with Crippen molar-refractivity contribution in [2.45, 2.75) is 50.3 Å². The Morgan fingerprint density at radius 3 is 2.44 bits per heavy atom. The largest absolute Gasteiger partial charge is 0.372 e. The zero-order chi connectivity index (χ0) is 22.5. The predicted molar refractivity (Wildman–Crippen MR) is 136 cm³/mol. The number of azo groups is 1. The molecule has 0 radical (unpaired) electrons. The molecule has 4 rings (SSSR count). The number of nitrogens with one attached hydrogen (secondary N) is 1. The molecule has 168 valence electrons. The van der Waals surface area contributed by atoms with E-state index >= 15 is 0 Å². The molecule has 1 N–H and O–H groups in total. The van der Waals surface area contributed by atoms with Gasteiger partial charge in [0.2, 0.25) is 0 Å². The number of benzene rings is 2. The Kier molecular flexibility index (Phi) is 7.48. The highest BCUT2D eigenvalue weighted by Gasteiger charge is 2.26. The van der Waals surface area contributed by atoms with Crippen molar-refractivity contribution in [3.05, 3.63) is 64.8 Å². The van der Waals surface area contributed by atoms with Crippen LogP contribution >= 0.6 is 23.1 Å². The lowest BCUT2D eigenvalue weighted by atomic mass is 10.2. The van der Waals surface area contributed by atoms with Gasteiger partial charge in [0.25, 0.3) is 0 Å². The van der Waals surface area contributed by atoms with Crippen molar-refractivity contribution in [3.63, 3.8) is 0 Å². The third kappa shape index (κ3) is 5.15. The molecule has 0 amide bonds. The normalized spacial score (nSPS) is 15.2. The van der Waals surface area contributed by atoms with E-state index < -0.39 is 0 Å². The van der Waals surface area contributed by atoms with Crippen LogP contribution in [0.15, 0.2) is 63.7 Å². The molecule has 7 heteroatoms. The molecule has 2 aromatic carbocycles. The number of thioether (sulfide) groups is 1. The molecule has 32 heavy (non-hydrogen) atoms. The van der Waals surface area contributed by atoms with Gasteiger partial charge in [-0.15, -0.1) is 16.5 Å². The summed E-state index contributed by atoms with van der Waals surface area (Å²) in [5.74, 6) is -0.354. The number of unbranched alkanes of at least 4 members (excludes halogenated alkanes) is 1. The molecule has 3 aromatic rings. The van der Waals surface area contributed by atoms with Gasteiger partial charge in [-0.3, -0.25) is 0 Å². The van der Waals surface area contributed by atoms with Crippen molar-refractivity contribution < 1.29 is 4.39 Å². The van der Waals surface area contributed by atoms with E-state index in [0.29, 0.717) is 5.69 Å². The first-order valence-electron chi connectivity index (χ1n) is 11.2. The van der Waals surface area contributed by atoms with Crippen LogP contribution in [0.3, 0.4) is 0 Å². The average Bonchev–Trinajstić information content (AvgIpc) is 3.37. The van der Waals surface area contributed by atoms with Crippen molar-refractivity contribution in [1.82, 2.24) is 0 Å². The molecule has 1 atom stereocenters. The van der Waals surface area contributed by atoms with Gasteiger partial charge in [-0.25, -0.2) is 4.39 Å². The summed E-state index contributed by atoms with van der Waals surface area (Å²) in [5.41, 5.74) is 3.02. The van der Waals surface area contributed by atoms with Crippen molar-refractivity contribution in [3.8, 4) is 0 Å². The van der Waals surface area contributed by atoms with Crippen LogP contribution in [0.25, 0.3) is 0 Å². The van der Waals surface area contributed by atoms with E-state index in [1.54, 1.807) is 23.9 Å². The summed E-state index contributed by atoms with van der Waals surface area (Å²) in [4.78, 5) is 4.95. The molecule has 1 aliphatic rings. The highest BCUT2D eigenvalue weighted by molar-refractivity contribution is 8.00. The van der Waals surface area contributed by atoms with Crippen LogP contribution in [0.5, 0.6) is 0 Å². The molecule has 1 aromatic heterocycles. The smallest absolute Gasteiger partial charge is 0.151 e. The third-order valence-corrected chi connectivity index (χ3v) is 8.02. The summed E-state index contributed by atoms with van der Waals surface area (Å²) >= 11 is 3.57. The van der Waals surface area contributed by atoms with E-state index in [-0.39, 0.29) is 16.9 Å².